The zero-order valence-corrected chi connectivity index (χ0v) is 14.2. The van der Waals surface area contributed by atoms with Crippen LogP contribution in [0, 0.1) is 12.8 Å². The van der Waals surface area contributed by atoms with Gasteiger partial charge in [-0.05, 0) is 55.9 Å². The lowest BCUT2D eigenvalue weighted by atomic mass is 9.99. The standard InChI is InChI=1S/C18H20N2O2S/c1-12-7-8-19-20(12)11-14-9-15(23-2)5-6-16(14)18(22)10-17(21)13-3-4-13/h5-9,13H,3-4,10-11H2,1-2H3. The highest BCUT2D eigenvalue weighted by Gasteiger charge is 2.31. The molecule has 0 aliphatic heterocycles. The molecule has 120 valence electrons. The molecule has 23 heavy (non-hydrogen) atoms. The fourth-order valence-electron chi connectivity index (χ4n) is 2.63. The minimum Gasteiger partial charge on any atom is -0.299 e. The fourth-order valence-corrected chi connectivity index (χ4v) is 3.09. The molecule has 4 nitrogen and oxygen atoms in total. The average Bonchev–Trinajstić information content (AvgIpc) is 3.32. The van der Waals surface area contributed by atoms with E-state index in [0.717, 1.165) is 29.0 Å². The van der Waals surface area contributed by atoms with Crippen LogP contribution < -0.4 is 0 Å². The number of rotatable bonds is 7. The molecule has 0 N–H and O–H groups in total. The Morgan fingerprint density at radius 1 is 1.30 bits per heavy atom. The van der Waals surface area contributed by atoms with Gasteiger partial charge in [-0.1, -0.05) is 0 Å². The number of hydrogen-bond donors (Lipinski definition) is 0. The molecule has 1 aliphatic carbocycles. The van der Waals surface area contributed by atoms with E-state index in [1.807, 2.05) is 42.1 Å². The Morgan fingerprint density at radius 3 is 2.70 bits per heavy atom. The lowest BCUT2D eigenvalue weighted by Gasteiger charge is -2.12. The summed E-state index contributed by atoms with van der Waals surface area (Å²) < 4.78 is 1.87. The summed E-state index contributed by atoms with van der Waals surface area (Å²) in [4.78, 5) is 25.6. The van der Waals surface area contributed by atoms with Gasteiger partial charge in [-0.2, -0.15) is 5.10 Å². The molecule has 1 aromatic heterocycles. The van der Waals surface area contributed by atoms with Gasteiger partial charge in [-0.15, -0.1) is 11.8 Å². The van der Waals surface area contributed by atoms with E-state index in [2.05, 4.69) is 5.10 Å². The molecular weight excluding hydrogens is 308 g/mol. The van der Waals surface area contributed by atoms with Crippen molar-refractivity contribution in [1.82, 2.24) is 9.78 Å². The molecule has 1 aromatic carbocycles. The molecule has 5 heteroatoms. The normalized spacial score (nSPS) is 14.0. The van der Waals surface area contributed by atoms with Crippen LogP contribution in [0.15, 0.2) is 35.4 Å². The van der Waals surface area contributed by atoms with Crippen LogP contribution in [0.25, 0.3) is 0 Å². The Hall–Kier alpha value is -1.88. The van der Waals surface area contributed by atoms with Crippen LogP contribution in [0.2, 0.25) is 0 Å². The number of aryl methyl sites for hydroxylation is 1. The molecule has 0 amide bonds. The highest BCUT2D eigenvalue weighted by Crippen LogP contribution is 2.31. The molecule has 0 atom stereocenters. The number of hydrogen-bond acceptors (Lipinski definition) is 4. The maximum absolute atomic E-state index is 12.6. The van der Waals surface area contributed by atoms with Crippen molar-refractivity contribution in [3.63, 3.8) is 0 Å². The molecule has 1 fully saturated rings. The summed E-state index contributed by atoms with van der Waals surface area (Å²) in [5.41, 5.74) is 2.62. The van der Waals surface area contributed by atoms with Crippen molar-refractivity contribution in [2.75, 3.05) is 6.26 Å². The van der Waals surface area contributed by atoms with E-state index in [1.54, 1.807) is 18.0 Å². The largest absolute Gasteiger partial charge is 0.299 e. The van der Waals surface area contributed by atoms with Crippen LogP contribution in [0.1, 0.15) is 40.9 Å². The summed E-state index contributed by atoms with van der Waals surface area (Å²) in [5, 5.41) is 4.30. The minimum atomic E-state index is -0.0747. The zero-order valence-electron chi connectivity index (χ0n) is 13.4. The summed E-state index contributed by atoms with van der Waals surface area (Å²) in [5.74, 6) is 0.140. The predicted molar refractivity (Wildman–Crippen MR) is 91.0 cm³/mol. The number of Topliss-reactive ketones (excluding diaryl/α,β-unsaturated/α-hetero) is 2. The number of carbonyl (C=O) groups excluding carboxylic acids is 2. The first kappa shape index (κ1) is 16.0. The minimum absolute atomic E-state index is 0.0222. The first-order valence-corrected chi connectivity index (χ1v) is 9.02. The molecule has 0 bridgehead atoms. The maximum atomic E-state index is 12.6. The van der Waals surface area contributed by atoms with Gasteiger partial charge in [0.05, 0.1) is 13.0 Å². The monoisotopic (exact) mass is 328 g/mol. The Labute approximate surface area is 140 Å². The van der Waals surface area contributed by atoms with Crippen LogP contribution in [-0.2, 0) is 11.3 Å². The highest BCUT2D eigenvalue weighted by atomic mass is 32.2. The van der Waals surface area contributed by atoms with Crippen molar-refractivity contribution in [3.05, 3.63) is 47.3 Å². The van der Waals surface area contributed by atoms with Crippen LogP contribution in [-0.4, -0.2) is 27.6 Å². The van der Waals surface area contributed by atoms with Gasteiger partial charge in [0.2, 0.25) is 0 Å². The second kappa shape index (κ2) is 6.71. The van der Waals surface area contributed by atoms with Gasteiger partial charge in [0, 0.05) is 28.3 Å². The summed E-state index contributed by atoms with van der Waals surface area (Å²) in [6.45, 7) is 2.54. The summed E-state index contributed by atoms with van der Waals surface area (Å²) in [6.07, 6.45) is 5.67. The lowest BCUT2D eigenvalue weighted by molar-refractivity contribution is -0.119. The van der Waals surface area contributed by atoms with E-state index in [-0.39, 0.29) is 23.9 Å². The van der Waals surface area contributed by atoms with Crippen molar-refractivity contribution in [2.45, 2.75) is 37.6 Å². The molecule has 2 aromatic rings. The Balaban J connectivity index is 1.87. The average molecular weight is 328 g/mol. The van der Waals surface area contributed by atoms with E-state index in [4.69, 9.17) is 0 Å². The molecular formula is C18H20N2O2S. The maximum Gasteiger partial charge on any atom is 0.170 e. The number of carbonyl (C=O) groups is 2. The SMILES string of the molecule is CSc1ccc(C(=O)CC(=O)C2CC2)c(Cn2nccc2C)c1. The first-order valence-electron chi connectivity index (χ1n) is 7.79. The molecule has 1 aliphatic rings. The Morgan fingerprint density at radius 2 is 2.09 bits per heavy atom. The number of aromatic nitrogens is 2. The lowest BCUT2D eigenvalue weighted by Crippen LogP contribution is -2.14. The molecule has 1 heterocycles. The second-order valence-corrected chi connectivity index (χ2v) is 6.87. The van der Waals surface area contributed by atoms with Crippen LogP contribution in [0.4, 0.5) is 0 Å². The Kier molecular flexibility index (Phi) is 4.66. The Bertz CT molecular complexity index is 747. The van der Waals surface area contributed by atoms with E-state index < -0.39 is 0 Å². The second-order valence-electron chi connectivity index (χ2n) is 5.99. The summed E-state index contributed by atoms with van der Waals surface area (Å²) in [6, 6.07) is 7.76. The van der Waals surface area contributed by atoms with E-state index in [9.17, 15) is 9.59 Å². The van der Waals surface area contributed by atoms with E-state index in [1.165, 1.54) is 0 Å². The number of thioether (sulfide) groups is 1. The van der Waals surface area contributed by atoms with Gasteiger partial charge in [-0.25, -0.2) is 0 Å². The van der Waals surface area contributed by atoms with Crippen molar-refractivity contribution in [2.24, 2.45) is 5.92 Å². The predicted octanol–water partition coefficient (Wildman–Crippen LogP) is 3.51. The first-order chi connectivity index (χ1) is 11.1. The third-order valence-corrected chi connectivity index (χ3v) is 4.95. The van der Waals surface area contributed by atoms with Gasteiger partial charge >= 0.3 is 0 Å². The van der Waals surface area contributed by atoms with Gasteiger partial charge in [-0.3, -0.25) is 14.3 Å². The molecule has 0 radical (unpaired) electrons. The van der Waals surface area contributed by atoms with Crippen molar-refractivity contribution in [3.8, 4) is 0 Å². The van der Waals surface area contributed by atoms with Gasteiger partial charge < -0.3 is 0 Å². The molecule has 0 saturated heterocycles. The summed E-state index contributed by atoms with van der Waals surface area (Å²) in [7, 11) is 0. The van der Waals surface area contributed by atoms with Crippen LogP contribution in [0.5, 0.6) is 0 Å². The third kappa shape index (κ3) is 3.72. The van der Waals surface area contributed by atoms with Gasteiger partial charge in [0.1, 0.15) is 5.78 Å². The van der Waals surface area contributed by atoms with Crippen molar-refractivity contribution < 1.29 is 9.59 Å². The zero-order chi connectivity index (χ0) is 16.4. The quantitative estimate of drug-likeness (QED) is 0.443. The van der Waals surface area contributed by atoms with Gasteiger partial charge in [0.25, 0.3) is 0 Å². The highest BCUT2D eigenvalue weighted by molar-refractivity contribution is 7.98. The van der Waals surface area contributed by atoms with Crippen LogP contribution in [0.3, 0.4) is 0 Å². The summed E-state index contributed by atoms with van der Waals surface area (Å²) >= 11 is 1.64. The van der Waals surface area contributed by atoms with E-state index >= 15 is 0 Å². The topological polar surface area (TPSA) is 52.0 Å². The molecule has 3 rings (SSSR count). The molecule has 1 saturated carbocycles. The number of nitrogens with zero attached hydrogens (tertiary/aromatic N) is 2. The fraction of sp³-hybridized carbons (Fsp3) is 0.389. The molecule has 0 unspecified atom stereocenters. The third-order valence-electron chi connectivity index (χ3n) is 4.23. The molecule has 0 spiro atoms. The van der Waals surface area contributed by atoms with E-state index in [0.29, 0.717) is 12.1 Å². The van der Waals surface area contributed by atoms with Crippen LogP contribution >= 0.6 is 11.8 Å². The number of benzene rings is 1. The van der Waals surface area contributed by atoms with Crippen molar-refractivity contribution >= 4 is 23.3 Å². The number of ketones is 2. The smallest absolute Gasteiger partial charge is 0.170 e. The van der Waals surface area contributed by atoms with Gasteiger partial charge in [0.15, 0.2) is 5.78 Å². The van der Waals surface area contributed by atoms with Crippen molar-refractivity contribution in [1.29, 1.82) is 0 Å².